The standard InChI is InChI=1S/C9H9ClN2O4/c1-11-9(13)5-16-6-2-3-8(12(14)15)7(10)4-6/h2-4H,5H2,1H3,(H,11,13). The normalized spacial score (nSPS) is 9.62. The predicted octanol–water partition coefficient (Wildman–Crippen LogP) is 1.37. The lowest BCUT2D eigenvalue weighted by Gasteiger charge is -2.05. The first kappa shape index (κ1) is 12.3. The van der Waals surface area contributed by atoms with E-state index in [1.807, 2.05) is 0 Å². The molecule has 0 saturated heterocycles. The lowest BCUT2D eigenvalue weighted by Crippen LogP contribution is -2.24. The molecule has 0 aromatic heterocycles. The van der Waals surface area contributed by atoms with Crippen molar-refractivity contribution in [2.45, 2.75) is 0 Å². The van der Waals surface area contributed by atoms with Crippen molar-refractivity contribution in [2.24, 2.45) is 0 Å². The van der Waals surface area contributed by atoms with Crippen LogP contribution in [0.2, 0.25) is 5.02 Å². The first-order valence-corrected chi connectivity index (χ1v) is 4.69. The van der Waals surface area contributed by atoms with Gasteiger partial charge in [-0.3, -0.25) is 14.9 Å². The zero-order chi connectivity index (χ0) is 12.1. The topological polar surface area (TPSA) is 81.5 Å². The Labute approximate surface area is 96.3 Å². The summed E-state index contributed by atoms with van der Waals surface area (Å²) in [4.78, 5) is 20.7. The molecular weight excluding hydrogens is 236 g/mol. The Morgan fingerprint density at radius 1 is 1.62 bits per heavy atom. The molecule has 7 heteroatoms. The van der Waals surface area contributed by atoms with Crippen LogP contribution in [0, 0.1) is 10.1 Å². The fraction of sp³-hybridized carbons (Fsp3) is 0.222. The largest absolute Gasteiger partial charge is 0.484 e. The second-order valence-electron chi connectivity index (χ2n) is 2.83. The molecule has 1 amide bonds. The van der Waals surface area contributed by atoms with Crippen molar-refractivity contribution >= 4 is 23.2 Å². The van der Waals surface area contributed by atoms with E-state index in [0.29, 0.717) is 5.75 Å². The molecule has 6 nitrogen and oxygen atoms in total. The minimum Gasteiger partial charge on any atom is -0.484 e. The highest BCUT2D eigenvalue weighted by Gasteiger charge is 2.12. The maximum absolute atomic E-state index is 10.9. The maximum Gasteiger partial charge on any atom is 0.288 e. The quantitative estimate of drug-likeness (QED) is 0.641. The number of nitro groups is 1. The van der Waals surface area contributed by atoms with E-state index in [9.17, 15) is 14.9 Å². The van der Waals surface area contributed by atoms with Crippen LogP contribution in [0.5, 0.6) is 5.75 Å². The number of carbonyl (C=O) groups is 1. The molecule has 0 aliphatic carbocycles. The van der Waals surface area contributed by atoms with Gasteiger partial charge in [-0.1, -0.05) is 11.6 Å². The Balaban J connectivity index is 2.74. The molecule has 0 fully saturated rings. The molecule has 0 aliphatic rings. The predicted molar refractivity (Wildman–Crippen MR) is 57.7 cm³/mol. The summed E-state index contributed by atoms with van der Waals surface area (Å²) in [6.45, 7) is -0.162. The van der Waals surface area contributed by atoms with Gasteiger partial charge in [0.25, 0.3) is 11.6 Å². The number of hydrogen-bond donors (Lipinski definition) is 1. The van der Waals surface area contributed by atoms with Crippen molar-refractivity contribution in [2.75, 3.05) is 13.7 Å². The molecule has 0 radical (unpaired) electrons. The van der Waals surface area contributed by atoms with Crippen LogP contribution in [-0.4, -0.2) is 24.5 Å². The van der Waals surface area contributed by atoms with Gasteiger partial charge in [0, 0.05) is 19.2 Å². The number of nitrogens with zero attached hydrogens (tertiary/aromatic N) is 1. The van der Waals surface area contributed by atoms with Crippen molar-refractivity contribution in [1.82, 2.24) is 5.32 Å². The molecule has 0 atom stereocenters. The van der Waals surface area contributed by atoms with Crippen LogP contribution in [0.15, 0.2) is 18.2 Å². The van der Waals surface area contributed by atoms with Crippen molar-refractivity contribution < 1.29 is 14.5 Å². The van der Waals surface area contributed by atoms with Crippen molar-refractivity contribution in [3.05, 3.63) is 33.3 Å². The molecule has 16 heavy (non-hydrogen) atoms. The van der Waals surface area contributed by atoms with Crippen LogP contribution in [0.1, 0.15) is 0 Å². The number of carbonyl (C=O) groups excluding carboxylic acids is 1. The van der Waals surface area contributed by atoms with Gasteiger partial charge in [0.15, 0.2) is 6.61 Å². The molecular formula is C9H9ClN2O4. The van der Waals surface area contributed by atoms with E-state index in [4.69, 9.17) is 16.3 Å². The molecule has 0 heterocycles. The molecule has 1 aromatic carbocycles. The molecule has 86 valence electrons. The average Bonchev–Trinajstić information content (AvgIpc) is 2.25. The SMILES string of the molecule is CNC(=O)COc1ccc([N+](=O)[O-])c(Cl)c1. The van der Waals surface area contributed by atoms with E-state index < -0.39 is 4.92 Å². The fourth-order valence-electron chi connectivity index (χ4n) is 0.947. The number of hydrogen-bond acceptors (Lipinski definition) is 4. The van der Waals surface area contributed by atoms with E-state index in [1.54, 1.807) is 0 Å². The number of likely N-dealkylation sites (N-methyl/N-ethyl adjacent to an activating group) is 1. The lowest BCUT2D eigenvalue weighted by atomic mass is 10.3. The summed E-state index contributed by atoms with van der Waals surface area (Å²) in [6, 6.07) is 3.90. The third kappa shape index (κ3) is 3.09. The number of amides is 1. The van der Waals surface area contributed by atoms with Gasteiger partial charge in [0.05, 0.1) is 4.92 Å². The smallest absolute Gasteiger partial charge is 0.288 e. The van der Waals surface area contributed by atoms with E-state index in [-0.39, 0.29) is 23.2 Å². The zero-order valence-corrected chi connectivity index (χ0v) is 9.15. The monoisotopic (exact) mass is 244 g/mol. The van der Waals surface area contributed by atoms with Gasteiger partial charge in [0.2, 0.25) is 0 Å². The van der Waals surface area contributed by atoms with Gasteiger partial charge in [-0.25, -0.2) is 0 Å². The molecule has 0 saturated carbocycles. The summed E-state index contributed by atoms with van der Waals surface area (Å²) in [7, 11) is 1.48. The molecule has 0 aliphatic heterocycles. The number of nitro benzene ring substituents is 1. The second-order valence-corrected chi connectivity index (χ2v) is 3.24. The molecule has 0 unspecified atom stereocenters. The van der Waals surface area contributed by atoms with Crippen molar-refractivity contribution in [3.63, 3.8) is 0 Å². The number of halogens is 1. The maximum atomic E-state index is 10.9. The average molecular weight is 245 g/mol. The van der Waals surface area contributed by atoms with Crippen LogP contribution in [0.3, 0.4) is 0 Å². The Hall–Kier alpha value is -1.82. The van der Waals surface area contributed by atoms with Gasteiger partial charge in [0.1, 0.15) is 10.8 Å². The van der Waals surface area contributed by atoms with Crippen LogP contribution in [-0.2, 0) is 4.79 Å². The van der Waals surface area contributed by atoms with Gasteiger partial charge >= 0.3 is 0 Å². The van der Waals surface area contributed by atoms with Gasteiger partial charge in [-0.2, -0.15) is 0 Å². The van der Waals surface area contributed by atoms with Gasteiger partial charge < -0.3 is 10.1 Å². The summed E-state index contributed by atoms with van der Waals surface area (Å²) >= 11 is 5.65. The van der Waals surface area contributed by atoms with Crippen molar-refractivity contribution in [3.8, 4) is 5.75 Å². The third-order valence-electron chi connectivity index (χ3n) is 1.76. The van der Waals surface area contributed by atoms with E-state index in [2.05, 4.69) is 5.32 Å². The number of ether oxygens (including phenoxy) is 1. The van der Waals surface area contributed by atoms with Crippen LogP contribution < -0.4 is 10.1 Å². The Morgan fingerprint density at radius 3 is 2.81 bits per heavy atom. The number of rotatable bonds is 4. The molecule has 1 aromatic rings. The van der Waals surface area contributed by atoms with E-state index in [0.717, 1.165) is 0 Å². The first-order valence-electron chi connectivity index (χ1n) is 4.32. The molecule has 0 spiro atoms. The minimum atomic E-state index is -0.592. The Bertz CT molecular complexity index is 422. The van der Waals surface area contributed by atoms with Gasteiger partial charge in [-0.15, -0.1) is 0 Å². The minimum absolute atomic E-state index is 0.0283. The fourth-order valence-corrected chi connectivity index (χ4v) is 1.19. The molecule has 0 bridgehead atoms. The second kappa shape index (κ2) is 5.32. The Morgan fingerprint density at radius 2 is 2.31 bits per heavy atom. The Kier molecular flexibility index (Phi) is 4.07. The van der Waals surface area contributed by atoms with E-state index in [1.165, 1.54) is 25.2 Å². The third-order valence-corrected chi connectivity index (χ3v) is 2.07. The summed E-state index contributed by atoms with van der Waals surface area (Å²) < 4.78 is 5.06. The highest BCUT2D eigenvalue weighted by Crippen LogP contribution is 2.28. The summed E-state index contributed by atoms with van der Waals surface area (Å²) in [5.74, 6) is 0.00803. The summed E-state index contributed by atoms with van der Waals surface area (Å²) in [5.41, 5.74) is -0.200. The number of nitrogens with one attached hydrogen (secondary N) is 1. The first-order chi connectivity index (χ1) is 7.54. The van der Waals surface area contributed by atoms with Crippen molar-refractivity contribution in [1.29, 1.82) is 0 Å². The summed E-state index contributed by atoms with van der Waals surface area (Å²) in [6.07, 6.45) is 0. The van der Waals surface area contributed by atoms with Crippen LogP contribution >= 0.6 is 11.6 Å². The molecule has 1 N–H and O–H groups in total. The highest BCUT2D eigenvalue weighted by molar-refractivity contribution is 6.32. The lowest BCUT2D eigenvalue weighted by molar-refractivity contribution is -0.384. The van der Waals surface area contributed by atoms with Gasteiger partial charge in [-0.05, 0) is 6.07 Å². The molecule has 1 rings (SSSR count). The van der Waals surface area contributed by atoms with Crippen LogP contribution in [0.4, 0.5) is 5.69 Å². The van der Waals surface area contributed by atoms with Crippen LogP contribution in [0.25, 0.3) is 0 Å². The van der Waals surface area contributed by atoms with E-state index >= 15 is 0 Å². The highest BCUT2D eigenvalue weighted by atomic mass is 35.5. The summed E-state index contributed by atoms with van der Waals surface area (Å²) in [5, 5.41) is 12.8. The zero-order valence-electron chi connectivity index (χ0n) is 8.40. The number of benzene rings is 1.